The molecular weight excluding hydrogens is 200 g/mol. The number of hydrogen-bond donors (Lipinski definition) is 0. The van der Waals surface area contributed by atoms with Crippen LogP contribution in [0.1, 0.15) is 39.0 Å². The lowest BCUT2D eigenvalue weighted by atomic mass is 9.76. The van der Waals surface area contributed by atoms with Gasteiger partial charge in [0, 0.05) is 5.57 Å². The number of epoxide rings is 1. The highest BCUT2D eigenvalue weighted by atomic mass is 16.6. The first-order valence-corrected chi connectivity index (χ1v) is 6.32. The Morgan fingerprint density at radius 2 is 1.94 bits per heavy atom. The van der Waals surface area contributed by atoms with Crippen LogP contribution in [0.4, 0.5) is 0 Å². The highest BCUT2D eigenvalue weighted by Crippen LogP contribution is 2.44. The normalized spacial score (nSPS) is 34.9. The molecule has 0 aromatic heterocycles. The summed E-state index contributed by atoms with van der Waals surface area (Å²) in [5.41, 5.74) is 1.58. The summed E-state index contributed by atoms with van der Waals surface area (Å²) in [4.78, 5) is 12.4. The van der Waals surface area contributed by atoms with E-state index in [0.717, 1.165) is 11.1 Å². The summed E-state index contributed by atoms with van der Waals surface area (Å²) in [5.74, 6) is 0.742. The number of hydrogen-bond acceptors (Lipinski definition) is 2. The van der Waals surface area contributed by atoms with Crippen LogP contribution >= 0.6 is 0 Å². The molecule has 3 aliphatic rings. The number of Topliss-reactive ketones (excluding diaryl/α,β-unsaturated/α-hetero) is 1. The van der Waals surface area contributed by atoms with Crippen molar-refractivity contribution in [3.05, 3.63) is 23.3 Å². The fraction of sp³-hybridized carbons (Fsp3) is 0.643. The van der Waals surface area contributed by atoms with E-state index < -0.39 is 5.60 Å². The summed E-state index contributed by atoms with van der Waals surface area (Å²) < 4.78 is 5.42. The summed E-state index contributed by atoms with van der Waals surface area (Å²) in [6.07, 6.45) is 10.4. The zero-order valence-electron chi connectivity index (χ0n) is 9.79. The van der Waals surface area contributed by atoms with Gasteiger partial charge in [-0.05, 0) is 31.3 Å². The van der Waals surface area contributed by atoms with Crippen molar-refractivity contribution in [2.75, 3.05) is 6.61 Å². The van der Waals surface area contributed by atoms with Crippen LogP contribution in [0.15, 0.2) is 23.3 Å². The Kier molecular flexibility index (Phi) is 2.28. The maximum atomic E-state index is 12.4. The lowest BCUT2D eigenvalue weighted by molar-refractivity contribution is -0.120. The molecule has 0 bridgehead atoms. The molecule has 1 aliphatic heterocycles. The number of carbonyl (C=O) groups excluding carboxylic acids is 1. The minimum atomic E-state index is -0.526. The van der Waals surface area contributed by atoms with Crippen LogP contribution in [0.2, 0.25) is 0 Å². The fourth-order valence-electron chi connectivity index (χ4n) is 3.00. The van der Waals surface area contributed by atoms with Crippen molar-refractivity contribution in [3.63, 3.8) is 0 Å². The van der Waals surface area contributed by atoms with Gasteiger partial charge in [0.05, 0.1) is 6.61 Å². The topological polar surface area (TPSA) is 29.6 Å². The van der Waals surface area contributed by atoms with Crippen LogP contribution in [-0.4, -0.2) is 18.0 Å². The predicted octanol–water partition coefficient (Wildman–Crippen LogP) is 2.79. The van der Waals surface area contributed by atoms with Crippen molar-refractivity contribution in [1.82, 2.24) is 0 Å². The van der Waals surface area contributed by atoms with Gasteiger partial charge in [-0.3, -0.25) is 4.79 Å². The van der Waals surface area contributed by atoms with Crippen LogP contribution in [-0.2, 0) is 9.53 Å². The average molecular weight is 218 g/mol. The Morgan fingerprint density at radius 3 is 2.56 bits per heavy atom. The first-order valence-electron chi connectivity index (χ1n) is 6.32. The first kappa shape index (κ1) is 10.3. The zero-order valence-corrected chi connectivity index (χ0v) is 9.79. The van der Waals surface area contributed by atoms with E-state index >= 15 is 0 Å². The van der Waals surface area contributed by atoms with Crippen LogP contribution < -0.4 is 0 Å². The van der Waals surface area contributed by atoms with Gasteiger partial charge in [0.2, 0.25) is 0 Å². The van der Waals surface area contributed by atoms with Crippen molar-refractivity contribution >= 4 is 5.78 Å². The molecule has 0 aromatic rings. The molecule has 2 fully saturated rings. The van der Waals surface area contributed by atoms with E-state index in [-0.39, 0.29) is 5.78 Å². The number of rotatable bonds is 1. The molecule has 86 valence electrons. The summed E-state index contributed by atoms with van der Waals surface area (Å²) in [7, 11) is 0. The third-order valence-electron chi connectivity index (χ3n) is 4.26. The van der Waals surface area contributed by atoms with E-state index in [9.17, 15) is 4.79 Å². The predicted molar refractivity (Wildman–Crippen MR) is 62.1 cm³/mol. The summed E-state index contributed by atoms with van der Waals surface area (Å²) in [5, 5.41) is 0. The third-order valence-corrected chi connectivity index (χ3v) is 4.26. The Balaban J connectivity index is 1.87. The summed E-state index contributed by atoms with van der Waals surface area (Å²) in [6, 6.07) is 0. The monoisotopic (exact) mass is 218 g/mol. The number of ketones is 1. The first-order chi connectivity index (χ1) is 7.74. The van der Waals surface area contributed by atoms with Gasteiger partial charge < -0.3 is 4.74 Å². The Hall–Kier alpha value is -0.890. The molecule has 1 saturated carbocycles. The van der Waals surface area contributed by atoms with Gasteiger partial charge >= 0.3 is 0 Å². The second-order valence-electron chi connectivity index (χ2n) is 5.25. The average Bonchev–Trinajstić information content (AvgIpc) is 3.10. The van der Waals surface area contributed by atoms with Crippen molar-refractivity contribution in [2.45, 2.75) is 44.6 Å². The fourth-order valence-corrected chi connectivity index (χ4v) is 3.00. The minimum absolute atomic E-state index is 0.249. The highest BCUT2D eigenvalue weighted by Gasteiger charge is 2.55. The molecule has 0 amide bonds. The molecule has 3 rings (SSSR count). The van der Waals surface area contributed by atoms with Crippen LogP contribution in [0.3, 0.4) is 0 Å². The summed E-state index contributed by atoms with van der Waals surface area (Å²) in [6.45, 7) is 2.59. The van der Waals surface area contributed by atoms with E-state index in [1.807, 2.05) is 13.0 Å². The quantitative estimate of drug-likeness (QED) is 0.633. The molecule has 0 unspecified atom stereocenters. The molecule has 1 heterocycles. The van der Waals surface area contributed by atoms with Crippen LogP contribution in [0, 0.1) is 5.92 Å². The second kappa shape index (κ2) is 3.56. The Labute approximate surface area is 96.4 Å². The van der Waals surface area contributed by atoms with Crippen molar-refractivity contribution < 1.29 is 9.53 Å². The molecule has 1 saturated heterocycles. The Bertz CT molecular complexity index is 380. The molecule has 2 aliphatic carbocycles. The molecule has 0 radical (unpaired) electrons. The molecule has 2 nitrogen and oxygen atoms in total. The van der Waals surface area contributed by atoms with E-state index in [2.05, 4.69) is 6.08 Å². The molecule has 2 heteroatoms. The molecule has 0 aromatic carbocycles. The molecule has 0 N–H and O–H groups in total. The Morgan fingerprint density at radius 1 is 1.25 bits per heavy atom. The maximum Gasteiger partial charge on any atom is 0.197 e. The van der Waals surface area contributed by atoms with Gasteiger partial charge in [-0.25, -0.2) is 0 Å². The highest BCUT2D eigenvalue weighted by molar-refractivity contribution is 6.07. The van der Waals surface area contributed by atoms with E-state index in [1.165, 1.54) is 32.1 Å². The smallest absolute Gasteiger partial charge is 0.197 e. The van der Waals surface area contributed by atoms with E-state index in [4.69, 9.17) is 4.74 Å². The SMILES string of the molecule is CC1=CC=C(C2CCCCC2)C(=O)[C@]12CO2. The van der Waals surface area contributed by atoms with Crippen molar-refractivity contribution in [1.29, 1.82) is 0 Å². The standard InChI is InChI=1S/C14H18O2/c1-10-7-8-12(11-5-3-2-4-6-11)13(15)14(10)9-16-14/h7-8,11H,2-6,9H2,1H3/t14-/m0/s1. The lowest BCUT2D eigenvalue weighted by Gasteiger charge is -2.27. The van der Waals surface area contributed by atoms with Gasteiger partial charge in [0.25, 0.3) is 0 Å². The van der Waals surface area contributed by atoms with Crippen molar-refractivity contribution in [3.8, 4) is 0 Å². The van der Waals surface area contributed by atoms with Gasteiger partial charge in [0.1, 0.15) is 0 Å². The number of allylic oxidation sites excluding steroid dienone is 2. The molecule has 1 spiro atoms. The maximum absolute atomic E-state index is 12.4. The second-order valence-corrected chi connectivity index (χ2v) is 5.25. The molecule has 1 atom stereocenters. The van der Waals surface area contributed by atoms with Gasteiger partial charge in [-0.1, -0.05) is 31.4 Å². The van der Waals surface area contributed by atoms with Crippen LogP contribution in [0.25, 0.3) is 0 Å². The van der Waals surface area contributed by atoms with Crippen LogP contribution in [0.5, 0.6) is 0 Å². The number of ether oxygens (including phenoxy) is 1. The molecular formula is C14H18O2. The largest absolute Gasteiger partial charge is 0.356 e. The summed E-state index contributed by atoms with van der Waals surface area (Å²) >= 11 is 0. The minimum Gasteiger partial charge on any atom is -0.356 e. The van der Waals surface area contributed by atoms with Gasteiger partial charge in [-0.15, -0.1) is 0 Å². The lowest BCUT2D eigenvalue weighted by Crippen LogP contribution is -2.33. The number of carbonyl (C=O) groups is 1. The van der Waals surface area contributed by atoms with Gasteiger partial charge in [-0.2, -0.15) is 0 Å². The molecule has 16 heavy (non-hydrogen) atoms. The van der Waals surface area contributed by atoms with Crippen molar-refractivity contribution in [2.24, 2.45) is 5.92 Å². The third kappa shape index (κ3) is 1.40. The van der Waals surface area contributed by atoms with Gasteiger partial charge in [0.15, 0.2) is 11.4 Å². The zero-order chi connectivity index (χ0) is 11.2. The van der Waals surface area contributed by atoms with E-state index in [1.54, 1.807) is 0 Å². The van der Waals surface area contributed by atoms with E-state index in [0.29, 0.717) is 12.5 Å².